The first kappa shape index (κ1) is 9.97. The molecule has 2 nitrogen and oxygen atoms in total. The lowest BCUT2D eigenvalue weighted by molar-refractivity contribution is 0.0696. The van der Waals surface area contributed by atoms with E-state index in [9.17, 15) is 4.79 Å². The van der Waals surface area contributed by atoms with Crippen molar-refractivity contribution < 1.29 is 9.90 Å². The number of fused-ring (bicyclic) bond motifs is 1. The second-order valence-corrected chi connectivity index (χ2v) is 3.91. The summed E-state index contributed by atoms with van der Waals surface area (Å²) >= 11 is 0. The molecule has 0 saturated heterocycles. The number of benzene rings is 1. The molecule has 2 rings (SSSR count). The average molecular weight is 202 g/mol. The van der Waals surface area contributed by atoms with Crippen LogP contribution in [0.15, 0.2) is 18.2 Å². The molecule has 1 aromatic carbocycles. The van der Waals surface area contributed by atoms with Crippen LogP contribution >= 0.6 is 0 Å². The van der Waals surface area contributed by atoms with Gasteiger partial charge in [-0.15, -0.1) is 0 Å². The van der Waals surface area contributed by atoms with E-state index in [0.29, 0.717) is 5.56 Å². The van der Waals surface area contributed by atoms with Crippen LogP contribution in [0.25, 0.3) is 6.08 Å². The summed E-state index contributed by atoms with van der Waals surface area (Å²) < 4.78 is 0. The number of allylic oxidation sites excluding steroid dienone is 1. The maximum Gasteiger partial charge on any atom is 0.335 e. The average Bonchev–Trinajstić information content (AvgIpc) is 2.43. The Labute approximate surface area is 89.2 Å². The molecule has 0 radical (unpaired) electrons. The van der Waals surface area contributed by atoms with Crippen molar-refractivity contribution in [2.24, 2.45) is 0 Å². The highest BCUT2D eigenvalue weighted by Gasteiger charge is 2.13. The lowest BCUT2D eigenvalue weighted by Crippen LogP contribution is -2.04. The Kier molecular flexibility index (Phi) is 2.58. The highest BCUT2D eigenvalue weighted by atomic mass is 16.4. The highest BCUT2D eigenvalue weighted by Crippen LogP contribution is 2.24. The Bertz CT molecular complexity index is 430. The number of aromatic carboxylic acids is 1. The quantitative estimate of drug-likeness (QED) is 0.760. The summed E-state index contributed by atoms with van der Waals surface area (Å²) in [4.78, 5) is 11.0. The van der Waals surface area contributed by atoms with Gasteiger partial charge >= 0.3 is 5.97 Å². The lowest BCUT2D eigenvalue weighted by Gasteiger charge is -2.10. The molecule has 0 spiro atoms. The molecular formula is C13H14O2. The van der Waals surface area contributed by atoms with Crippen LogP contribution in [0.3, 0.4) is 0 Å². The number of hydrogen-bond acceptors (Lipinski definition) is 1. The zero-order valence-electron chi connectivity index (χ0n) is 8.79. The van der Waals surface area contributed by atoms with Gasteiger partial charge in [0.15, 0.2) is 0 Å². The molecule has 0 fully saturated rings. The fourth-order valence-corrected chi connectivity index (χ4v) is 2.10. The van der Waals surface area contributed by atoms with Gasteiger partial charge in [-0.05, 0) is 48.9 Å². The monoisotopic (exact) mass is 202 g/mol. The van der Waals surface area contributed by atoms with Crippen molar-refractivity contribution in [3.8, 4) is 0 Å². The summed E-state index contributed by atoms with van der Waals surface area (Å²) in [6.45, 7) is 1.90. The van der Waals surface area contributed by atoms with E-state index >= 15 is 0 Å². The van der Waals surface area contributed by atoms with Gasteiger partial charge in [-0.2, -0.15) is 0 Å². The second-order valence-electron chi connectivity index (χ2n) is 3.91. The minimum Gasteiger partial charge on any atom is -0.478 e. The summed E-state index contributed by atoms with van der Waals surface area (Å²) in [6.07, 6.45) is 7.42. The van der Waals surface area contributed by atoms with Crippen molar-refractivity contribution in [2.75, 3.05) is 0 Å². The molecule has 0 bridgehead atoms. The number of rotatable bonds is 1. The van der Waals surface area contributed by atoms with Crippen molar-refractivity contribution in [1.29, 1.82) is 0 Å². The van der Waals surface area contributed by atoms with Gasteiger partial charge in [0.2, 0.25) is 0 Å². The number of carbonyl (C=O) groups is 1. The van der Waals surface area contributed by atoms with E-state index < -0.39 is 5.97 Å². The van der Waals surface area contributed by atoms with Gasteiger partial charge in [0.25, 0.3) is 0 Å². The van der Waals surface area contributed by atoms with Crippen LogP contribution in [0.1, 0.15) is 39.9 Å². The van der Waals surface area contributed by atoms with Crippen molar-refractivity contribution in [3.63, 3.8) is 0 Å². The van der Waals surface area contributed by atoms with Crippen LogP contribution < -0.4 is 0 Å². The number of carboxylic acids is 1. The molecule has 1 N–H and O–H groups in total. The van der Waals surface area contributed by atoms with Crippen LogP contribution in [0.2, 0.25) is 0 Å². The summed E-state index contributed by atoms with van der Waals surface area (Å²) in [5.74, 6) is -0.830. The Morgan fingerprint density at radius 1 is 1.40 bits per heavy atom. The molecule has 15 heavy (non-hydrogen) atoms. The Morgan fingerprint density at radius 3 is 2.93 bits per heavy atom. The predicted molar refractivity (Wildman–Crippen MR) is 60.1 cm³/mol. The Morgan fingerprint density at radius 2 is 2.20 bits per heavy atom. The zero-order valence-corrected chi connectivity index (χ0v) is 8.79. The van der Waals surface area contributed by atoms with Crippen LogP contribution in [0, 0.1) is 6.92 Å². The first-order chi connectivity index (χ1) is 7.20. The molecule has 1 aliphatic rings. The fourth-order valence-electron chi connectivity index (χ4n) is 2.10. The zero-order chi connectivity index (χ0) is 10.8. The van der Waals surface area contributed by atoms with Gasteiger partial charge < -0.3 is 5.11 Å². The van der Waals surface area contributed by atoms with Gasteiger partial charge in [0.05, 0.1) is 5.56 Å². The molecule has 0 amide bonds. The normalized spacial score (nSPS) is 14.5. The van der Waals surface area contributed by atoms with Crippen LogP contribution in [-0.4, -0.2) is 11.1 Å². The fraction of sp³-hybridized carbons (Fsp3) is 0.308. The number of hydrogen-bond donors (Lipinski definition) is 1. The Balaban J connectivity index is 2.57. The minimum absolute atomic E-state index is 0.434. The molecule has 1 aromatic rings. The van der Waals surface area contributed by atoms with Gasteiger partial charge in [-0.1, -0.05) is 18.2 Å². The van der Waals surface area contributed by atoms with Crippen molar-refractivity contribution in [2.45, 2.75) is 26.2 Å². The van der Waals surface area contributed by atoms with E-state index in [2.05, 4.69) is 12.2 Å². The molecule has 78 valence electrons. The molecule has 0 heterocycles. The lowest BCUT2D eigenvalue weighted by atomic mass is 9.94. The van der Waals surface area contributed by atoms with Crippen molar-refractivity contribution in [1.82, 2.24) is 0 Å². The minimum atomic E-state index is -0.830. The maximum absolute atomic E-state index is 11.0. The molecule has 0 saturated carbocycles. The van der Waals surface area contributed by atoms with Crippen molar-refractivity contribution in [3.05, 3.63) is 40.5 Å². The second kappa shape index (κ2) is 3.89. The van der Waals surface area contributed by atoms with Gasteiger partial charge in [-0.25, -0.2) is 4.79 Å². The predicted octanol–water partition coefficient (Wildman–Crippen LogP) is 3.04. The molecular weight excluding hydrogens is 188 g/mol. The molecule has 0 aliphatic heterocycles. The summed E-state index contributed by atoms with van der Waals surface area (Å²) in [5.41, 5.74) is 3.73. The SMILES string of the molecule is Cc1c(C(=O)O)ccc2c1CCCC=C2. The summed E-state index contributed by atoms with van der Waals surface area (Å²) in [6, 6.07) is 3.61. The van der Waals surface area contributed by atoms with Gasteiger partial charge in [0.1, 0.15) is 0 Å². The smallest absolute Gasteiger partial charge is 0.335 e. The highest BCUT2D eigenvalue weighted by molar-refractivity contribution is 5.90. The van der Waals surface area contributed by atoms with E-state index in [1.807, 2.05) is 13.0 Å². The van der Waals surface area contributed by atoms with Crippen LogP contribution in [0.5, 0.6) is 0 Å². The van der Waals surface area contributed by atoms with Gasteiger partial charge in [0, 0.05) is 0 Å². The molecule has 0 unspecified atom stereocenters. The maximum atomic E-state index is 11.0. The first-order valence-corrected chi connectivity index (χ1v) is 5.22. The topological polar surface area (TPSA) is 37.3 Å². The third-order valence-electron chi connectivity index (χ3n) is 2.96. The van der Waals surface area contributed by atoms with Crippen LogP contribution in [-0.2, 0) is 6.42 Å². The third kappa shape index (κ3) is 1.80. The van der Waals surface area contributed by atoms with E-state index in [4.69, 9.17) is 5.11 Å². The largest absolute Gasteiger partial charge is 0.478 e. The summed E-state index contributed by atoms with van der Waals surface area (Å²) in [7, 11) is 0. The van der Waals surface area contributed by atoms with E-state index in [0.717, 1.165) is 24.8 Å². The van der Waals surface area contributed by atoms with E-state index in [1.54, 1.807) is 6.07 Å². The molecule has 0 aromatic heterocycles. The Hall–Kier alpha value is -1.57. The third-order valence-corrected chi connectivity index (χ3v) is 2.96. The number of carboxylic acid groups (broad SMARTS) is 1. The van der Waals surface area contributed by atoms with Crippen molar-refractivity contribution >= 4 is 12.0 Å². The van der Waals surface area contributed by atoms with E-state index in [1.165, 1.54) is 11.1 Å². The molecule has 2 heteroatoms. The standard InChI is InChI=1S/C13H14O2/c1-9-11-6-4-2-3-5-10(11)7-8-12(9)13(14)15/h3,5,7-8H,2,4,6H2,1H3,(H,14,15). The molecule has 1 aliphatic carbocycles. The summed E-state index contributed by atoms with van der Waals surface area (Å²) in [5, 5.41) is 9.02. The van der Waals surface area contributed by atoms with Gasteiger partial charge in [-0.3, -0.25) is 0 Å². The van der Waals surface area contributed by atoms with E-state index in [-0.39, 0.29) is 0 Å². The van der Waals surface area contributed by atoms with Crippen LogP contribution in [0.4, 0.5) is 0 Å². The molecule has 0 atom stereocenters. The first-order valence-electron chi connectivity index (χ1n) is 5.22.